The standard InChI is InChI=1S/C20H17N3O5/c1-14-5-6-15(12-18(14)23(25)26)22-19(24)13-27-16-7-9-17(10-8-16)28-20-4-2-3-11-21-20/h2-12H,13H2,1H3,(H,22,24). The maximum Gasteiger partial charge on any atom is 0.274 e. The van der Waals surface area contributed by atoms with E-state index in [2.05, 4.69) is 10.3 Å². The molecule has 8 nitrogen and oxygen atoms in total. The van der Waals surface area contributed by atoms with Gasteiger partial charge >= 0.3 is 0 Å². The van der Waals surface area contributed by atoms with E-state index >= 15 is 0 Å². The van der Waals surface area contributed by atoms with Crippen molar-refractivity contribution in [1.29, 1.82) is 0 Å². The quantitative estimate of drug-likeness (QED) is 0.489. The van der Waals surface area contributed by atoms with E-state index in [9.17, 15) is 14.9 Å². The van der Waals surface area contributed by atoms with E-state index in [1.165, 1.54) is 6.07 Å². The highest BCUT2D eigenvalue weighted by molar-refractivity contribution is 5.92. The van der Waals surface area contributed by atoms with Crippen molar-refractivity contribution >= 4 is 17.3 Å². The number of carbonyl (C=O) groups excluding carboxylic acids is 1. The topological polar surface area (TPSA) is 104 Å². The van der Waals surface area contributed by atoms with Gasteiger partial charge in [-0.15, -0.1) is 0 Å². The number of ether oxygens (including phenoxy) is 2. The third-order valence-corrected chi connectivity index (χ3v) is 3.74. The predicted octanol–water partition coefficient (Wildman–Crippen LogP) is 4.11. The van der Waals surface area contributed by atoms with Crippen LogP contribution in [0.1, 0.15) is 5.56 Å². The average Bonchev–Trinajstić information content (AvgIpc) is 2.69. The van der Waals surface area contributed by atoms with Crippen molar-refractivity contribution in [1.82, 2.24) is 4.98 Å². The molecule has 0 atom stereocenters. The van der Waals surface area contributed by atoms with Crippen LogP contribution in [0.25, 0.3) is 0 Å². The fourth-order valence-corrected chi connectivity index (χ4v) is 2.36. The number of carbonyl (C=O) groups is 1. The molecule has 1 aromatic heterocycles. The lowest BCUT2D eigenvalue weighted by molar-refractivity contribution is -0.385. The lowest BCUT2D eigenvalue weighted by atomic mass is 10.2. The Morgan fingerprint density at radius 2 is 1.86 bits per heavy atom. The zero-order valence-electron chi connectivity index (χ0n) is 15.0. The smallest absolute Gasteiger partial charge is 0.274 e. The number of benzene rings is 2. The van der Waals surface area contributed by atoms with E-state index in [0.29, 0.717) is 28.6 Å². The molecule has 2 aromatic carbocycles. The monoisotopic (exact) mass is 379 g/mol. The van der Waals surface area contributed by atoms with Crippen molar-refractivity contribution < 1.29 is 19.2 Å². The number of nitrogens with zero attached hydrogens (tertiary/aromatic N) is 2. The summed E-state index contributed by atoms with van der Waals surface area (Å²) >= 11 is 0. The van der Waals surface area contributed by atoms with Crippen LogP contribution in [0.3, 0.4) is 0 Å². The fourth-order valence-electron chi connectivity index (χ4n) is 2.36. The van der Waals surface area contributed by atoms with Gasteiger partial charge in [0.2, 0.25) is 5.88 Å². The Morgan fingerprint density at radius 1 is 1.11 bits per heavy atom. The number of amides is 1. The Balaban J connectivity index is 1.53. The number of pyridine rings is 1. The van der Waals surface area contributed by atoms with Crippen LogP contribution < -0.4 is 14.8 Å². The van der Waals surface area contributed by atoms with Gasteiger partial charge in [-0.2, -0.15) is 0 Å². The Hall–Kier alpha value is -3.94. The molecule has 0 fully saturated rings. The fraction of sp³-hybridized carbons (Fsp3) is 0.100. The summed E-state index contributed by atoms with van der Waals surface area (Å²) in [5, 5.41) is 13.5. The first kappa shape index (κ1) is 18.8. The van der Waals surface area contributed by atoms with Crippen LogP contribution in [0.15, 0.2) is 66.9 Å². The summed E-state index contributed by atoms with van der Waals surface area (Å²) in [6.45, 7) is 1.40. The zero-order valence-corrected chi connectivity index (χ0v) is 15.0. The van der Waals surface area contributed by atoms with Crippen molar-refractivity contribution in [3.63, 3.8) is 0 Å². The van der Waals surface area contributed by atoms with E-state index in [1.807, 2.05) is 6.07 Å². The Labute approximate surface area is 160 Å². The molecule has 3 aromatic rings. The minimum Gasteiger partial charge on any atom is -0.484 e. The van der Waals surface area contributed by atoms with E-state index in [1.54, 1.807) is 61.7 Å². The van der Waals surface area contributed by atoms with Crippen molar-refractivity contribution in [2.24, 2.45) is 0 Å². The highest BCUT2D eigenvalue weighted by atomic mass is 16.6. The molecule has 3 rings (SSSR count). The maximum atomic E-state index is 12.0. The molecule has 0 aliphatic rings. The SMILES string of the molecule is Cc1ccc(NC(=O)COc2ccc(Oc3ccccn3)cc2)cc1[N+](=O)[O-]. The summed E-state index contributed by atoms with van der Waals surface area (Å²) in [5.74, 6) is 1.12. The van der Waals surface area contributed by atoms with Gasteiger partial charge in [-0.25, -0.2) is 4.98 Å². The lowest BCUT2D eigenvalue weighted by Crippen LogP contribution is -2.20. The molecule has 0 unspecified atom stereocenters. The van der Waals surface area contributed by atoms with Gasteiger partial charge in [0.1, 0.15) is 11.5 Å². The third kappa shape index (κ3) is 5.04. The second kappa shape index (κ2) is 8.63. The van der Waals surface area contributed by atoms with Gasteiger partial charge in [-0.3, -0.25) is 14.9 Å². The van der Waals surface area contributed by atoms with Crippen LogP contribution in [-0.4, -0.2) is 22.4 Å². The number of aromatic nitrogens is 1. The van der Waals surface area contributed by atoms with Gasteiger partial charge in [0.05, 0.1) is 4.92 Å². The van der Waals surface area contributed by atoms with E-state index in [0.717, 1.165) is 0 Å². The summed E-state index contributed by atoms with van der Waals surface area (Å²) in [5.41, 5.74) is 0.805. The largest absolute Gasteiger partial charge is 0.484 e. The molecular formula is C20H17N3O5. The van der Waals surface area contributed by atoms with Crippen LogP contribution in [0.2, 0.25) is 0 Å². The second-order valence-electron chi connectivity index (χ2n) is 5.84. The normalized spacial score (nSPS) is 10.2. The minimum atomic E-state index is -0.490. The van der Waals surface area contributed by atoms with Crippen LogP contribution in [0.4, 0.5) is 11.4 Å². The van der Waals surface area contributed by atoms with Crippen LogP contribution in [0, 0.1) is 17.0 Å². The van der Waals surface area contributed by atoms with Crippen LogP contribution in [0.5, 0.6) is 17.4 Å². The van der Waals surface area contributed by atoms with Gasteiger partial charge in [0, 0.05) is 29.6 Å². The minimum absolute atomic E-state index is 0.0535. The van der Waals surface area contributed by atoms with Crippen molar-refractivity contribution in [3.8, 4) is 17.4 Å². The number of hydrogen-bond donors (Lipinski definition) is 1. The van der Waals surface area contributed by atoms with Crippen LogP contribution in [-0.2, 0) is 4.79 Å². The number of rotatable bonds is 7. The van der Waals surface area contributed by atoms with Gasteiger partial charge in [-0.1, -0.05) is 12.1 Å². The molecule has 0 saturated heterocycles. The number of anilines is 1. The molecule has 142 valence electrons. The van der Waals surface area contributed by atoms with Gasteiger partial charge in [0.25, 0.3) is 11.6 Å². The average molecular weight is 379 g/mol. The number of nitrogens with one attached hydrogen (secondary N) is 1. The molecule has 1 amide bonds. The molecule has 0 aliphatic carbocycles. The van der Waals surface area contributed by atoms with Gasteiger partial charge in [0.15, 0.2) is 6.61 Å². The van der Waals surface area contributed by atoms with Crippen molar-refractivity contribution in [3.05, 3.63) is 82.5 Å². The zero-order chi connectivity index (χ0) is 19.9. The van der Waals surface area contributed by atoms with Gasteiger partial charge in [-0.05, 0) is 43.3 Å². The van der Waals surface area contributed by atoms with Crippen molar-refractivity contribution in [2.75, 3.05) is 11.9 Å². The van der Waals surface area contributed by atoms with Crippen molar-refractivity contribution in [2.45, 2.75) is 6.92 Å². The first-order valence-corrected chi connectivity index (χ1v) is 8.38. The molecular weight excluding hydrogens is 362 g/mol. The number of nitro benzene ring substituents is 1. The Bertz CT molecular complexity index is 975. The predicted molar refractivity (Wildman–Crippen MR) is 103 cm³/mol. The van der Waals surface area contributed by atoms with E-state index in [-0.39, 0.29) is 12.3 Å². The third-order valence-electron chi connectivity index (χ3n) is 3.74. The molecule has 1 heterocycles. The molecule has 0 aliphatic heterocycles. The molecule has 0 saturated carbocycles. The highest BCUT2D eigenvalue weighted by Gasteiger charge is 2.12. The molecule has 1 N–H and O–H groups in total. The number of aryl methyl sites for hydroxylation is 1. The molecule has 0 bridgehead atoms. The summed E-state index contributed by atoms with van der Waals surface area (Å²) < 4.78 is 11.0. The first-order chi connectivity index (χ1) is 13.5. The summed E-state index contributed by atoms with van der Waals surface area (Å²) in [6.07, 6.45) is 1.63. The molecule has 0 radical (unpaired) electrons. The number of nitro groups is 1. The molecule has 0 spiro atoms. The molecule has 28 heavy (non-hydrogen) atoms. The lowest BCUT2D eigenvalue weighted by Gasteiger charge is -2.09. The summed E-state index contributed by atoms with van der Waals surface area (Å²) in [7, 11) is 0. The van der Waals surface area contributed by atoms with E-state index < -0.39 is 10.8 Å². The van der Waals surface area contributed by atoms with Gasteiger partial charge < -0.3 is 14.8 Å². The summed E-state index contributed by atoms with van der Waals surface area (Å²) in [4.78, 5) is 26.6. The van der Waals surface area contributed by atoms with Crippen LogP contribution >= 0.6 is 0 Å². The Morgan fingerprint density at radius 3 is 2.54 bits per heavy atom. The maximum absolute atomic E-state index is 12.0. The highest BCUT2D eigenvalue weighted by Crippen LogP contribution is 2.23. The first-order valence-electron chi connectivity index (χ1n) is 8.38. The second-order valence-corrected chi connectivity index (χ2v) is 5.84. The van der Waals surface area contributed by atoms with E-state index in [4.69, 9.17) is 9.47 Å². The number of hydrogen-bond acceptors (Lipinski definition) is 6. The summed E-state index contributed by atoms with van der Waals surface area (Å²) in [6, 6.07) is 16.6. The Kier molecular flexibility index (Phi) is 5.81. The molecule has 8 heteroatoms.